The molecule has 7 heteroatoms. The second-order valence-corrected chi connectivity index (χ2v) is 5.60. The highest BCUT2D eigenvalue weighted by molar-refractivity contribution is 5.87. The van der Waals surface area contributed by atoms with E-state index in [1.807, 2.05) is 6.07 Å². The molecule has 120 valence electrons. The number of rotatable bonds is 3. The maximum absolute atomic E-state index is 12.2. The zero-order chi connectivity index (χ0) is 19.8. The molecule has 0 aliphatic carbocycles. The number of likely N-dealkylation sites (N-methyl/N-ethyl adjacent to an activating group) is 1. The molecule has 2 aromatic heterocycles. The Morgan fingerprint density at radius 1 is 1.70 bits per heavy atom. The first-order valence-electron chi connectivity index (χ1n) is 9.40. The molecule has 2 aromatic rings. The Hall–Kier alpha value is -2.62. The average molecular weight is 316 g/mol. The highest BCUT2D eigenvalue weighted by Crippen LogP contribution is 2.28. The lowest BCUT2D eigenvalue weighted by Crippen LogP contribution is -2.52. The second kappa shape index (κ2) is 6.24. The van der Waals surface area contributed by atoms with E-state index < -0.39 is 18.8 Å². The molecule has 2 atom stereocenters. The normalized spacial score (nSPS) is 24.3. The van der Waals surface area contributed by atoms with Gasteiger partial charge in [0.15, 0.2) is 0 Å². The van der Waals surface area contributed by atoms with Gasteiger partial charge in [0.1, 0.15) is 24.2 Å². The maximum Gasteiger partial charge on any atom is 0.236 e. The van der Waals surface area contributed by atoms with E-state index in [0.29, 0.717) is 29.8 Å². The van der Waals surface area contributed by atoms with Crippen molar-refractivity contribution in [3.8, 4) is 6.07 Å². The van der Waals surface area contributed by atoms with Crippen LogP contribution in [0.25, 0.3) is 11.0 Å². The molecule has 0 radical (unpaired) electrons. The van der Waals surface area contributed by atoms with E-state index >= 15 is 0 Å². The van der Waals surface area contributed by atoms with Gasteiger partial charge in [0.25, 0.3) is 0 Å². The zero-order valence-corrected chi connectivity index (χ0v) is 12.8. The quantitative estimate of drug-likeness (QED) is 0.928. The third-order valence-electron chi connectivity index (χ3n) is 4.25. The Labute approximate surface area is 140 Å². The fraction of sp³-hybridized carbons (Fsp3) is 0.500. The number of likely N-dealkylation sites (tertiary alicyclic amines) is 1. The van der Waals surface area contributed by atoms with Crippen molar-refractivity contribution in [2.75, 3.05) is 25.0 Å². The van der Waals surface area contributed by atoms with Crippen LogP contribution < -0.4 is 4.90 Å². The number of carbonyl (C=O) groups is 1. The molecule has 0 saturated carbocycles. The molecular weight excluding hydrogens is 292 g/mol. The van der Waals surface area contributed by atoms with Gasteiger partial charge in [-0.15, -0.1) is 0 Å². The van der Waals surface area contributed by atoms with E-state index in [2.05, 4.69) is 15.0 Å². The topological polar surface area (TPSA) is 88.9 Å². The van der Waals surface area contributed by atoms with E-state index in [1.54, 1.807) is 11.9 Å². The lowest BCUT2D eigenvalue weighted by Gasteiger charge is -2.42. The molecule has 1 amide bonds. The van der Waals surface area contributed by atoms with Crippen molar-refractivity contribution in [2.45, 2.75) is 25.7 Å². The number of anilines is 1. The lowest BCUT2D eigenvalue weighted by atomic mass is 9.92. The monoisotopic (exact) mass is 316 g/mol. The number of hydrogen-bond donors (Lipinski definition) is 1. The number of fused-ring (bicyclic) bond motifs is 1. The molecule has 7 nitrogen and oxygen atoms in total. The smallest absolute Gasteiger partial charge is 0.236 e. The molecular formula is C16H20N6O. The minimum Gasteiger partial charge on any atom is -0.354 e. The number of piperidine rings is 1. The number of aromatic amines is 1. The highest BCUT2D eigenvalue weighted by atomic mass is 16.2. The lowest BCUT2D eigenvalue weighted by molar-refractivity contribution is -0.131. The summed E-state index contributed by atoms with van der Waals surface area (Å²) in [4.78, 5) is 26.7. The molecule has 1 aliphatic heterocycles. The summed E-state index contributed by atoms with van der Waals surface area (Å²) in [5.74, 6) is -0.526. The molecule has 3 heterocycles. The number of nitrogens with one attached hydrogen (secondary N) is 1. The van der Waals surface area contributed by atoms with E-state index in [0.717, 1.165) is 0 Å². The largest absolute Gasteiger partial charge is 0.354 e. The van der Waals surface area contributed by atoms with Gasteiger partial charge >= 0.3 is 0 Å². The Morgan fingerprint density at radius 3 is 3.35 bits per heavy atom. The van der Waals surface area contributed by atoms with Crippen LogP contribution in [0.4, 0.5) is 5.82 Å². The van der Waals surface area contributed by atoms with E-state index in [1.165, 1.54) is 17.4 Å². The number of nitrogens with zero attached hydrogens (tertiary/aromatic N) is 5. The van der Waals surface area contributed by atoms with Crippen LogP contribution in [-0.2, 0) is 4.79 Å². The van der Waals surface area contributed by atoms with Crippen LogP contribution >= 0.6 is 0 Å². The van der Waals surface area contributed by atoms with Gasteiger partial charge < -0.3 is 14.8 Å². The molecule has 0 spiro atoms. The van der Waals surface area contributed by atoms with Crippen LogP contribution in [0.15, 0.2) is 18.6 Å². The molecule has 1 saturated heterocycles. The predicted molar refractivity (Wildman–Crippen MR) is 86.7 cm³/mol. The number of aromatic nitrogens is 3. The predicted octanol–water partition coefficient (Wildman–Crippen LogP) is 1.54. The van der Waals surface area contributed by atoms with Crippen molar-refractivity contribution in [1.82, 2.24) is 19.9 Å². The molecule has 0 aromatic carbocycles. The van der Waals surface area contributed by atoms with Gasteiger partial charge in [0, 0.05) is 30.4 Å². The van der Waals surface area contributed by atoms with E-state index in [4.69, 9.17) is 10.7 Å². The molecule has 1 fully saturated rings. The van der Waals surface area contributed by atoms with Crippen molar-refractivity contribution in [3.63, 3.8) is 0 Å². The summed E-state index contributed by atoms with van der Waals surface area (Å²) in [6, 6.07) is 1.53. The summed E-state index contributed by atoms with van der Waals surface area (Å²) < 4.78 is 31.8. The fourth-order valence-corrected chi connectivity index (χ4v) is 2.95. The number of amides is 1. The van der Waals surface area contributed by atoms with Gasteiger partial charge in [-0.05, 0) is 18.4 Å². The highest BCUT2D eigenvalue weighted by Gasteiger charge is 2.32. The minimum absolute atomic E-state index is 0.184. The third kappa shape index (κ3) is 2.84. The van der Waals surface area contributed by atoms with E-state index in [9.17, 15) is 4.79 Å². The average Bonchev–Trinajstić information content (AvgIpc) is 3.01. The summed E-state index contributed by atoms with van der Waals surface area (Å²) in [7, 11) is 1.72. The first kappa shape index (κ1) is 11.0. The van der Waals surface area contributed by atoms with Crippen molar-refractivity contribution in [3.05, 3.63) is 18.6 Å². The van der Waals surface area contributed by atoms with E-state index in [-0.39, 0.29) is 24.9 Å². The minimum atomic E-state index is -2.20. The van der Waals surface area contributed by atoms with Gasteiger partial charge in [-0.25, -0.2) is 9.97 Å². The number of carbonyl (C=O) groups excluding carboxylic acids is 1. The molecule has 0 bridgehead atoms. The van der Waals surface area contributed by atoms with Gasteiger partial charge in [0.05, 0.1) is 18.9 Å². The van der Waals surface area contributed by atoms with Crippen molar-refractivity contribution in [1.29, 1.82) is 5.26 Å². The van der Waals surface area contributed by atoms with Crippen LogP contribution in [0.5, 0.6) is 0 Å². The maximum atomic E-state index is 12.2. The summed E-state index contributed by atoms with van der Waals surface area (Å²) in [5.41, 5.74) is 0.496. The van der Waals surface area contributed by atoms with Crippen LogP contribution in [0.2, 0.25) is 0 Å². The number of hydrogen-bond acceptors (Lipinski definition) is 5. The van der Waals surface area contributed by atoms with Gasteiger partial charge in [-0.1, -0.05) is 6.85 Å². The first-order chi connectivity index (χ1) is 12.7. The Bertz CT molecular complexity index is 889. The van der Waals surface area contributed by atoms with Crippen molar-refractivity contribution < 1.29 is 10.3 Å². The Balaban J connectivity index is 1.98. The van der Waals surface area contributed by atoms with Crippen LogP contribution in [0.1, 0.15) is 25.2 Å². The SMILES string of the molecule is [2H]c1c[nH]c2ncnc(N(C)[C@H]3CN(C(=O)CC#N)CC[C@H]3C([2H])([2H])[2H])c12. The second-order valence-electron chi connectivity index (χ2n) is 5.60. The van der Waals surface area contributed by atoms with Gasteiger partial charge in [-0.2, -0.15) is 5.26 Å². The molecule has 0 unspecified atom stereocenters. The van der Waals surface area contributed by atoms with Crippen molar-refractivity contribution in [2.24, 2.45) is 5.92 Å². The van der Waals surface area contributed by atoms with Crippen LogP contribution in [0, 0.1) is 17.2 Å². The standard InChI is InChI=1S/C16H20N6O/c1-11-5-8-22(14(23)3-6-17)9-13(11)21(2)16-12-4-7-18-15(12)19-10-20-16/h4,7,10-11,13H,3,5,8-9H2,1-2H3,(H,18,19,20)/t11-,13+/m1/s1/i1D3,4D. The summed E-state index contributed by atoms with van der Waals surface area (Å²) in [5, 5.41) is 9.29. The van der Waals surface area contributed by atoms with Gasteiger partial charge in [-0.3, -0.25) is 4.79 Å². The zero-order valence-electron chi connectivity index (χ0n) is 16.8. The fourth-order valence-electron chi connectivity index (χ4n) is 2.95. The molecule has 1 N–H and O–H groups in total. The van der Waals surface area contributed by atoms with Gasteiger partial charge in [0.2, 0.25) is 5.91 Å². The summed E-state index contributed by atoms with van der Waals surface area (Å²) in [6.45, 7) is -1.71. The summed E-state index contributed by atoms with van der Waals surface area (Å²) >= 11 is 0. The first-order valence-corrected chi connectivity index (χ1v) is 7.40. The number of nitriles is 1. The molecule has 3 rings (SSSR count). The third-order valence-corrected chi connectivity index (χ3v) is 4.25. The molecule has 23 heavy (non-hydrogen) atoms. The Morgan fingerprint density at radius 2 is 2.57 bits per heavy atom. The summed E-state index contributed by atoms with van der Waals surface area (Å²) in [6.07, 6.45) is 2.93. The van der Waals surface area contributed by atoms with Crippen molar-refractivity contribution >= 4 is 22.8 Å². The Kier molecular flexibility index (Phi) is 2.99. The number of H-pyrrole nitrogens is 1. The van der Waals surface area contributed by atoms with Crippen LogP contribution in [-0.4, -0.2) is 51.9 Å². The molecule has 1 aliphatic rings. The van der Waals surface area contributed by atoms with Crippen LogP contribution in [0.3, 0.4) is 0 Å².